The molecule has 5 nitrogen and oxygen atoms in total. The van der Waals surface area contributed by atoms with Crippen LogP contribution in [0.2, 0.25) is 0 Å². The van der Waals surface area contributed by atoms with Gasteiger partial charge in [-0.3, -0.25) is 0 Å². The molecule has 0 unspecified atom stereocenters. The van der Waals surface area contributed by atoms with Crippen molar-refractivity contribution < 1.29 is 10.2 Å². The molecule has 0 spiro atoms. The predicted molar refractivity (Wildman–Crippen MR) is 111 cm³/mol. The molecule has 0 bridgehead atoms. The van der Waals surface area contributed by atoms with Crippen molar-refractivity contribution >= 4 is 0 Å². The van der Waals surface area contributed by atoms with Crippen LogP contribution in [0.25, 0.3) is 22.8 Å². The summed E-state index contributed by atoms with van der Waals surface area (Å²) in [5.41, 5.74) is 1.12. The second-order valence-corrected chi connectivity index (χ2v) is 6.95. The van der Waals surface area contributed by atoms with Crippen molar-refractivity contribution in [3.63, 3.8) is 0 Å². The first-order valence-corrected chi connectivity index (χ1v) is 10.0. The van der Waals surface area contributed by atoms with E-state index in [0.717, 1.165) is 19.3 Å². The molecule has 0 radical (unpaired) electrons. The van der Waals surface area contributed by atoms with Gasteiger partial charge < -0.3 is 10.2 Å². The molecule has 0 fully saturated rings. The van der Waals surface area contributed by atoms with E-state index in [0.29, 0.717) is 28.6 Å². The topological polar surface area (TPSA) is 79.1 Å². The molecule has 0 aliphatic rings. The van der Waals surface area contributed by atoms with Gasteiger partial charge in [-0.05, 0) is 30.7 Å². The number of rotatable bonds is 9. The second-order valence-electron chi connectivity index (χ2n) is 6.95. The number of aromatic nitrogens is 3. The van der Waals surface area contributed by atoms with Crippen LogP contribution in [0.5, 0.6) is 11.5 Å². The zero-order chi connectivity index (χ0) is 19.8. The minimum absolute atomic E-state index is 0.127. The third-order valence-corrected chi connectivity index (χ3v) is 4.73. The number of unbranched alkanes of at least 4 members (excludes halogenated alkanes) is 5. The predicted octanol–water partition coefficient (Wildman–Crippen LogP) is 5.52. The highest BCUT2D eigenvalue weighted by atomic mass is 16.3. The molecule has 0 amide bonds. The third-order valence-electron chi connectivity index (χ3n) is 4.73. The van der Waals surface area contributed by atoms with Crippen LogP contribution >= 0.6 is 0 Å². The molecular formula is C23H27N3O2. The highest BCUT2D eigenvalue weighted by molar-refractivity contribution is 5.68. The van der Waals surface area contributed by atoms with Crippen LogP contribution in [0, 0.1) is 0 Å². The lowest BCUT2D eigenvalue weighted by Crippen LogP contribution is -2.03. The number of aromatic hydroxyl groups is 2. The van der Waals surface area contributed by atoms with Crippen LogP contribution < -0.4 is 0 Å². The Hall–Kier alpha value is -2.95. The van der Waals surface area contributed by atoms with E-state index in [1.165, 1.54) is 25.7 Å². The number of nitrogens with zero attached hydrogens (tertiary/aromatic N) is 3. The summed E-state index contributed by atoms with van der Waals surface area (Å²) in [5, 5.41) is 20.4. The molecule has 1 aromatic heterocycles. The molecule has 0 aliphatic heterocycles. The number of benzene rings is 2. The fraction of sp³-hybridized carbons (Fsp3) is 0.348. The minimum atomic E-state index is 0.127. The number of hydrogen-bond donors (Lipinski definition) is 2. The number of hydrogen-bond acceptors (Lipinski definition) is 5. The van der Waals surface area contributed by atoms with Crippen LogP contribution in [0.15, 0.2) is 48.5 Å². The summed E-state index contributed by atoms with van der Waals surface area (Å²) < 4.78 is 0. The van der Waals surface area contributed by atoms with Gasteiger partial charge in [-0.25, -0.2) is 15.0 Å². The normalized spacial score (nSPS) is 10.9. The molecule has 0 saturated carbocycles. The van der Waals surface area contributed by atoms with Crippen molar-refractivity contribution in [3.8, 4) is 34.3 Å². The first kappa shape index (κ1) is 19.8. The van der Waals surface area contributed by atoms with Crippen LogP contribution in [0.3, 0.4) is 0 Å². The quantitative estimate of drug-likeness (QED) is 0.480. The number of aryl methyl sites for hydroxylation is 1. The Balaban J connectivity index is 1.89. The highest BCUT2D eigenvalue weighted by Gasteiger charge is 2.14. The number of phenolic OH excluding ortho intramolecular Hbond substituents is 2. The Morgan fingerprint density at radius 3 is 1.68 bits per heavy atom. The van der Waals surface area contributed by atoms with E-state index in [4.69, 9.17) is 0 Å². The molecule has 146 valence electrons. The maximum absolute atomic E-state index is 10.2. The van der Waals surface area contributed by atoms with Gasteiger partial charge in [-0.2, -0.15) is 0 Å². The van der Waals surface area contributed by atoms with Crippen LogP contribution in [0.4, 0.5) is 0 Å². The average Bonchev–Trinajstić information content (AvgIpc) is 2.71. The van der Waals surface area contributed by atoms with Crippen molar-refractivity contribution in [2.24, 2.45) is 0 Å². The smallest absolute Gasteiger partial charge is 0.167 e. The van der Waals surface area contributed by atoms with E-state index in [1.807, 2.05) is 12.1 Å². The summed E-state index contributed by atoms with van der Waals surface area (Å²) >= 11 is 0. The summed E-state index contributed by atoms with van der Waals surface area (Å²) in [6, 6.07) is 14.0. The Morgan fingerprint density at radius 2 is 1.14 bits per heavy atom. The number of para-hydroxylation sites is 2. The zero-order valence-corrected chi connectivity index (χ0v) is 16.3. The number of phenols is 2. The van der Waals surface area contributed by atoms with Crippen molar-refractivity contribution in [2.75, 3.05) is 0 Å². The highest BCUT2D eigenvalue weighted by Crippen LogP contribution is 2.30. The van der Waals surface area contributed by atoms with Gasteiger partial charge in [0.25, 0.3) is 0 Å². The van der Waals surface area contributed by atoms with Gasteiger partial charge in [0.1, 0.15) is 17.3 Å². The van der Waals surface area contributed by atoms with Gasteiger partial charge in [0.2, 0.25) is 0 Å². The standard InChI is InChI=1S/C23H27N3O2/c1-2-3-4-5-6-7-16-21-24-22(17-12-8-10-14-19(17)27)26-23(25-21)18-13-9-11-15-20(18)28/h8-15,27-28H,2-7,16H2,1H3. The molecular weight excluding hydrogens is 350 g/mol. The van der Waals surface area contributed by atoms with Crippen molar-refractivity contribution in [3.05, 3.63) is 54.4 Å². The molecule has 0 atom stereocenters. The Labute approximate surface area is 166 Å². The largest absolute Gasteiger partial charge is 0.507 e. The maximum Gasteiger partial charge on any atom is 0.167 e. The molecule has 0 saturated heterocycles. The first-order chi connectivity index (χ1) is 13.7. The lowest BCUT2D eigenvalue weighted by Gasteiger charge is -2.10. The third kappa shape index (κ3) is 5.06. The van der Waals surface area contributed by atoms with E-state index < -0.39 is 0 Å². The molecule has 3 rings (SSSR count). The van der Waals surface area contributed by atoms with E-state index in [2.05, 4.69) is 21.9 Å². The molecule has 5 heteroatoms. The fourth-order valence-corrected chi connectivity index (χ4v) is 3.16. The maximum atomic E-state index is 10.2. The average molecular weight is 377 g/mol. The van der Waals surface area contributed by atoms with Crippen molar-refractivity contribution in [1.29, 1.82) is 0 Å². The Kier molecular flexibility index (Phi) is 6.95. The van der Waals surface area contributed by atoms with Crippen LogP contribution in [-0.4, -0.2) is 25.2 Å². The monoisotopic (exact) mass is 377 g/mol. The molecule has 28 heavy (non-hydrogen) atoms. The Morgan fingerprint density at radius 1 is 0.643 bits per heavy atom. The van der Waals surface area contributed by atoms with Gasteiger partial charge in [-0.1, -0.05) is 63.3 Å². The lowest BCUT2D eigenvalue weighted by molar-refractivity contribution is 0.476. The summed E-state index contributed by atoms with van der Waals surface area (Å²) in [4.78, 5) is 13.7. The van der Waals surface area contributed by atoms with Gasteiger partial charge in [0, 0.05) is 6.42 Å². The van der Waals surface area contributed by atoms with E-state index >= 15 is 0 Å². The molecule has 1 heterocycles. The molecule has 2 aromatic carbocycles. The zero-order valence-electron chi connectivity index (χ0n) is 16.3. The summed E-state index contributed by atoms with van der Waals surface area (Å²) in [6.45, 7) is 2.21. The van der Waals surface area contributed by atoms with Gasteiger partial charge in [0.15, 0.2) is 11.6 Å². The molecule has 2 N–H and O–H groups in total. The van der Waals surface area contributed by atoms with E-state index in [1.54, 1.807) is 36.4 Å². The first-order valence-electron chi connectivity index (χ1n) is 10.0. The van der Waals surface area contributed by atoms with E-state index in [-0.39, 0.29) is 11.5 Å². The van der Waals surface area contributed by atoms with E-state index in [9.17, 15) is 10.2 Å². The van der Waals surface area contributed by atoms with Crippen LogP contribution in [-0.2, 0) is 6.42 Å². The van der Waals surface area contributed by atoms with Gasteiger partial charge in [-0.15, -0.1) is 0 Å². The Bertz CT molecular complexity index is 848. The molecule has 3 aromatic rings. The van der Waals surface area contributed by atoms with Gasteiger partial charge >= 0.3 is 0 Å². The fourth-order valence-electron chi connectivity index (χ4n) is 3.16. The van der Waals surface area contributed by atoms with Gasteiger partial charge in [0.05, 0.1) is 11.1 Å². The minimum Gasteiger partial charge on any atom is -0.507 e. The second kappa shape index (κ2) is 9.83. The van der Waals surface area contributed by atoms with Crippen molar-refractivity contribution in [2.45, 2.75) is 51.9 Å². The SMILES string of the molecule is CCCCCCCCc1nc(-c2ccccc2O)nc(-c2ccccc2O)n1. The van der Waals surface area contributed by atoms with Crippen LogP contribution in [0.1, 0.15) is 51.3 Å². The molecule has 0 aliphatic carbocycles. The summed E-state index contributed by atoms with van der Waals surface area (Å²) in [7, 11) is 0. The lowest BCUT2D eigenvalue weighted by atomic mass is 10.1. The summed E-state index contributed by atoms with van der Waals surface area (Å²) in [6.07, 6.45) is 7.90. The summed E-state index contributed by atoms with van der Waals surface area (Å²) in [5.74, 6) is 1.78. The van der Waals surface area contributed by atoms with Crippen molar-refractivity contribution in [1.82, 2.24) is 15.0 Å².